The molecule has 7 heteroatoms. The predicted octanol–water partition coefficient (Wildman–Crippen LogP) is -0.306. The third kappa shape index (κ3) is 4.94. The Morgan fingerprint density at radius 3 is 2.88 bits per heavy atom. The molecule has 1 rings (SSSR count). The van der Waals surface area contributed by atoms with Crippen LogP contribution in [0.15, 0.2) is 18.2 Å². The number of carbonyl (C=O) groups excluding carboxylic acids is 1. The molecule has 0 aromatic carbocycles. The fourth-order valence-electron chi connectivity index (χ4n) is 1.08. The van der Waals surface area contributed by atoms with Crippen molar-refractivity contribution in [2.75, 3.05) is 25.1 Å². The predicted molar refractivity (Wildman–Crippen MR) is 59.7 cm³/mol. The summed E-state index contributed by atoms with van der Waals surface area (Å²) in [5, 5.41) is 11.2. The number of aromatic nitrogens is 1. The van der Waals surface area contributed by atoms with Crippen LogP contribution in [0.3, 0.4) is 0 Å². The molecule has 0 fully saturated rings. The van der Waals surface area contributed by atoms with Gasteiger partial charge in [-0.15, -0.1) is 0 Å². The van der Waals surface area contributed by atoms with Crippen molar-refractivity contribution in [3.8, 4) is 0 Å². The van der Waals surface area contributed by atoms with Crippen LogP contribution in [0.1, 0.15) is 10.5 Å². The van der Waals surface area contributed by atoms with Crippen molar-refractivity contribution in [3.05, 3.63) is 23.9 Å². The van der Waals surface area contributed by atoms with E-state index < -0.39 is 11.9 Å². The average Bonchev–Trinajstić information content (AvgIpc) is 2.28. The number of carboxylic acid groups (broad SMARTS) is 1. The maximum absolute atomic E-state index is 10.8. The lowest BCUT2D eigenvalue weighted by molar-refractivity contribution is -0.142. The Kier molecular flexibility index (Phi) is 4.89. The Balaban J connectivity index is 2.34. The molecule has 0 aliphatic rings. The lowest BCUT2D eigenvalue weighted by atomic mass is 10.3. The summed E-state index contributed by atoms with van der Waals surface area (Å²) in [5.41, 5.74) is 5.24. The number of nitrogens with two attached hydrogens (primary N) is 1. The number of carbonyl (C=O) groups is 2. The van der Waals surface area contributed by atoms with Crippen LogP contribution < -0.4 is 11.1 Å². The normalized spacial score (nSPS) is 9.88. The second-order valence-electron chi connectivity index (χ2n) is 3.15. The highest BCUT2D eigenvalue weighted by Crippen LogP contribution is 2.03. The highest BCUT2D eigenvalue weighted by molar-refractivity contribution is 5.91. The van der Waals surface area contributed by atoms with Crippen molar-refractivity contribution in [2.24, 2.45) is 5.73 Å². The summed E-state index contributed by atoms with van der Waals surface area (Å²) in [4.78, 5) is 24.9. The summed E-state index contributed by atoms with van der Waals surface area (Å²) in [6.07, 6.45) is 0. The van der Waals surface area contributed by atoms with E-state index in [1.165, 1.54) is 6.07 Å². The second-order valence-corrected chi connectivity index (χ2v) is 3.15. The number of rotatable bonds is 7. The molecule has 1 aromatic rings. The third-order valence-corrected chi connectivity index (χ3v) is 1.78. The Hall–Kier alpha value is -2.15. The van der Waals surface area contributed by atoms with Gasteiger partial charge in [-0.2, -0.15) is 0 Å². The molecule has 0 radical (unpaired) electrons. The number of pyridine rings is 1. The number of primary amides is 1. The maximum Gasteiger partial charge on any atom is 0.329 e. The van der Waals surface area contributed by atoms with Crippen LogP contribution in [-0.4, -0.2) is 41.7 Å². The molecule has 0 atom stereocenters. The summed E-state index contributed by atoms with van der Waals surface area (Å²) in [6, 6.07) is 4.83. The minimum atomic E-state index is -1.01. The summed E-state index contributed by atoms with van der Waals surface area (Å²) >= 11 is 0. The first-order chi connectivity index (χ1) is 8.09. The van der Waals surface area contributed by atoms with E-state index in [0.717, 1.165) is 0 Å². The number of aliphatic carboxylic acids is 1. The van der Waals surface area contributed by atoms with Crippen LogP contribution in [0.25, 0.3) is 0 Å². The van der Waals surface area contributed by atoms with Gasteiger partial charge >= 0.3 is 5.97 Å². The smallest absolute Gasteiger partial charge is 0.329 e. The summed E-state index contributed by atoms with van der Waals surface area (Å²) in [5.74, 6) is -1.13. The highest BCUT2D eigenvalue weighted by Gasteiger charge is 2.02. The fourth-order valence-corrected chi connectivity index (χ4v) is 1.08. The minimum absolute atomic E-state index is 0.168. The van der Waals surface area contributed by atoms with Crippen LogP contribution >= 0.6 is 0 Å². The van der Waals surface area contributed by atoms with Gasteiger partial charge < -0.3 is 20.9 Å². The fraction of sp³-hybridized carbons (Fsp3) is 0.300. The zero-order valence-electron chi connectivity index (χ0n) is 9.05. The molecule has 0 aliphatic carbocycles. The molecule has 0 bridgehead atoms. The van der Waals surface area contributed by atoms with E-state index in [9.17, 15) is 9.59 Å². The summed E-state index contributed by atoms with van der Waals surface area (Å²) in [7, 11) is 0. The molecule has 1 amide bonds. The number of nitrogens with one attached hydrogen (secondary N) is 1. The molecule has 0 aliphatic heterocycles. The van der Waals surface area contributed by atoms with Gasteiger partial charge in [0, 0.05) is 6.54 Å². The molecule has 0 unspecified atom stereocenters. The molecule has 0 spiro atoms. The third-order valence-electron chi connectivity index (χ3n) is 1.78. The van der Waals surface area contributed by atoms with E-state index in [1.54, 1.807) is 12.1 Å². The van der Waals surface area contributed by atoms with Gasteiger partial charge in [0.1, 0.15) is 18.1 Å². The first kappa shape index (κ1) is 12.9. The Morgan fingerprint density at radius 1 is 1.47 bits per heavy atom. The average molecular weight is 239 g/mol. The Bertz CT molecular complexity index is 408. The summed E-state index contributed by atoms with van der Waals surface area (Å²) in [6.45, 7) is 0.285. The first-order valence-corrected chi connectivity index (χ1v) is 4.90. The minimum Gasteiger partial charge on any atom is -0.480 e. The van der Waals surface area contributed by atoms with Gasteiger partial charge in [-0.25, -0.2) is 9.78 Å². The van der Waals surface area contributed by atoms with Crippen molar-refractivity contribution in [3.63, 3.8) is 0 Å². The van der Waals surface area contributed by atoms with Crippen molar-refractivity contribution in [1.82, 2.24) is 4.98 Å². The molecular formula is C10H13N3O4. The quantitative estimate of drug-likeness (QED) is 0.562. The molecule has 0 saturated heterocycles. The molecular weight excluding hydrogens is 226 g/mol. The van der Waals surface area contributed by atoms with E-state index >= 15 is 0 Å². The van der Waals surface area contributed by atoms with Crippen LogP contribution in [0.5, 0.6) is 0 Å². The molecule has 7 nitrogen and oxygen atoms in total. The van der Waals surface area contributed by atoms with Gasteiger partial charge in [0.15, 0.2) is 0 Å². The molecule has 1 aromatic heterocycles. The van der Waals surface area contributed by atoms with Gasteiger partial charge in [0.2, 0.25) is 0 Å². The largest absolute Gasteiger partial charge is 0.480 e. The Labute approximate surface area is 97.6 Å². The number of ether oxygens (including phenoxy) is 1. The van der Waals surface area contributed by atoms with Crippen molar-refractivity contribution in [2.45, 2.75) is 0 Å². The lowest BCUT2D eigenvalue weighted by Gasteiger charge is -2.06. The second kappa shape index (κ2) is 6.44. The summed E-state index contributed by atoms with van der Waals surface area (Å²) < 4.78 is 4.81. The number of nitrogens with zero attached hydrogens (tertiary/aromatic N) is 1. The molecule has 17 heavy (non-hydrogen) atoms. The first-order valence-electron chi connectivity index (χ1n) is 4.90. The van der Waals surface area contributed by atoms with Gasteiger partial charge in [-0.1, -0.05) is 6.07 Å². The van der Waals surface area contributed by atoms with Crippen LogP contribution in [0, 0.1) is 0 Å². The molecule has 92 valence electrons. The SMILES string of the molecule is NC(=O)c1cccc(NCCOCC(=O)O)n1. The number of carboxylic acids is 1. The number of hydrogen-bond donors (Lipinski definition) is 3. The number of hydrogen-bond acceptors (Lipinski definition) is 5. The topological polar surface area (TPSA) is 115 Å². The van der Waals surface area contributed by atoms with Crippen molar-refractivity contribution < 1.29 is 19.4 Å². The van der Waals surface area contributed by atoms with E-state index in [2.05, 4.69) is 10.3 Å². The molecule has 4 N–H and O–H groups in total. The monoisotopic (exact) mass is 239 g/mol. The van der Waals surface area contributed by atoms with Gasteiger partial charge in [-0.3, -0.25) is 4.79 Å². The standard InChI is InChI=1S/C10H13N3O4/c11-10(16)7-2-1-3-8(13-7)12-4-5-17-6-9(14)15/h1-3H,4-6H2,(H2,11,16)(H,12,13)(H,14,15). The van der Waals surface area contributed by atoms with Crippen LogP contribution in [0.4, 0.5) is 5.82 Å². The van der Waals surface area contributed by atoms with Crippen molar-refractivity contribution in [1.29, 1.82) is 0 Å². The van der Waals surface area contributed by atoms with E-state index in [0.29, 0.717) is 12.4 Å². The van der Waals surface area contributed by atoms with E-state index in [-0.39, 0.29) is 18.9 Å². The van der Waals surface area contributed by atoms with Gasteiger partial charge in [-0.05, 0) is 12.1 Å². The highest BCUT2D eigenvalue weighted by atomic mass is 16.5. The van der Waals surface area contributed by atoms with E-state index in [1.807, 2.05) is 0 Å². The Morgan fingerprint density at radius 2 is 2.24 bits per heavy atom. The van der Waals surface area contributed by atoms with Crippen molar-refractivity contribution >= 4 is 17.7 Å². The number of amides is 1. The number of anilines is 1. The van der Waals surface area contributed by atoms with E-state index in [4.69, 9.17) is 15.6 Å². The van der Waals surface area contributed by atoms with Crippen LogP contribution in [-0.2, 0) is 9.53 Å². The lowest BCUT2D eigenvalue weighted by Crippen LogP contribution is -2.16. The molecule has 1 heterocycles. The van der Waals surface area contributed by atoms with Gasteiger partial charge in [0.25, 0.3) is 5.91 Å². The zero-order valence-corrected chi connectivity index (χ0v) is 9.05. The molecule has 0 saturated carbocycles. The van der Waals surface area contributed by atoms with Gasteiger partial charge in [0.05, 0.1) is 6.61 Å². The zero-order chi connectivity index (χ0) is 12.7. The van der Waals surface area contributed by atoms with Crippen LogP contribution in [0.2, 0.25) is 0 Å². The maximum atomic E-state index is 10.8.